The fraction of sp³-hybridized carbons (Fsp3) is 0.381. The van der Waals surface area contributed by atoms with Crippen molar-refractivity contribution in [2.24, 2.45) is 0 Å². The molecule has 0 saturated heterocycles. The van der Waals surface area contributed by atoms with Gasteiger partial charge in [0.1, 0.15) is 0 Å². The van der Waals surface area contributed by atoms with E-state index in [1.807, 2.05) is 30.3 Å². The minimum atomic E-state index is -4.83. The third-order valence-electron chi connectivity index (χ3n) is 4.20. The second-order valence-electron chi connectivity index (χ2n) is 6.38. The van der Waals surface area contributed by atoms with Crippen molar-refractivity contribution in [2.45, 2.75) is 38.2 Å². The van der Waals surface area contributed by atoms with Crippen molar-refractivity contribution in [1.29, 1.82) is 0 Å². The molecule has 30 heavy (non-hydrogen) atoms. The first kappa shape index (κ1) is 25.5. The molecule has 2 aromatic rings. The number of halogens is 6. The predicted octanol–water partition coefficient (Wildman–Crippen LogP) is 5.80. The van der Waals surface area contributed by atoms with Crippen molar-refractivity contribution in [3.63, 3.8) is 0 Å². The lowest BCUT2D eigenvalue weighted by Gasteiger charge is -2.17. The summed E-state index contributed by atoms with van der Waals surface area (Å²) < 4.78 is 79.7. The standard InChI is InChI=1S/C11H10F6O.C10H13NO/c1-6(18-2)7-3-8(10(12,13)14)5-9(4-7)11(15,16)17;1-11-10(12)8-7-9-5-3-2-4-6-9/h3-6H,1-2H3;2-6H,7-8H2,1H3,(H,11,12)/t6-;/m1./s1. The van der Waals surface area contributed by atoms with Gasteiger partial charge in [0.05, 0.1) is 17.2 Å². The van der Waals surface area contributed by atoms with Crippen LogP contribution in [0.3, 0.4) is 0 Å². The number of rotatable bonds is 5. The van der Waals surface area contributed by atoms with Crippen LogP contribution in [-0.2, 0) is 28.3 Å². The summed E-state index contributed by atoms with van der Waals surface area (Å²) in [6, 6.07) is 11.4. The molecule has 3 nitrogen and oxygen atoms in total. The third-order valence-corrected chi connectivity index (χ3v) is 4.20. The molecular formula is C21H23F6NO2. The first-order chi connectivity index (χ1) is 13.9. The average Bonchev–Trinajstić information content (AvgIpc) is 2.71. The molecule has 0 aliphatic carbocycles. The Kier molecular flexibility index (Phi) is 9.35. The number of hydrogen-bond acceptors (Lipinski definition) is 2. The van der Waals surface area contributed by atoms with Crippen LogP contribution in [0.5, 0.6) is 0 Å². The van der Waals surface area contributed by atoms with Crippen LogP contribution in [0, 0.1) is 0 Å². The Morgan fingerprint density at radius 3 is 1.87 bits per heavy atom. The lowest BCUT2D eigenvalue weighted by molar-refractivity contribution is -0.143. The highest BCUT2D eigenvalue weighted by atomic mass is 19.4. The molecule has 0 aliphatic rings. The van der Waals surface area contributed by atoms with Crippen LogP contribution in [-0.4, -0.2) is 20.1 Å². The summed E-state index contributed by atoms with van der Waals surface area (Å²) in [5.74, 6) is 0.0962. The molecule has 0 aliphatic heterocycles. The monoisotopic (exact) mass is 435 g/mol. The number of methoxy groups -OCH3 is 1. The lowest BCUT2D eigenvalue weighted by Crippen LogP contribution is -2.17. The number of carbonyl (C=O) groups is 1. The van der Waals surface area contributed by atoms with Crippen molar-refractivity contribution in [2.75, 3.05) is 14.2 Å². The quantitative estimate of drug-likeness (QED) is 0.603. The second kappa shape index (κ2) is 11.0. The van der Waals surface area contributed by atoms with Gasteiger partial charge in [0, 0.05) is 20.6 Å². The maximum Gasteiger partial charge on any atom is 0.416 e. The van der Waals surface area contributed by atoms with Crippen LogP contribution in [0.1, 0.15) is 41.7 Å². The summed E-state index contributed by atoms with van der Waals surface area (Å²) in [4.78, 5) is 10.9. The lowest BCUT2D eigenvalue weighted by atomic mass is 10.0. The van der Waals surface area contributed by atoms with E-state index in [1.165, 1.54) is 19.6 Å². The molecule has 1 N–H and O–H groups in total. The highest BCUT2D eigenvalue weighted by molar-refractivity contribution is 5.75. The number of amides is 1. The summed E-state index contributed by atoms with van der Waals surface area (Å²) >= 11 is 0. The molecule has 0 unspecified atom stereocenters. The van der Waals surface area contributed by atoms with E-state index in [0.717, 1.165) is 6.42 Å². The minimum absolute atomic E-state index is 0.0892. The summed E-state index contributed by atoms with van der Waals surface area (Å²) in [7, 11) is 2.87. The first-order valence-corrected chi connectivity index (χ1v) is 8.95. The molecule has 9 heteroatoms. The molecule has 166 valence electrons. The van der Waals surface area contributed by atoms with Gasteiger partial charge in [-0.3, -0.25) is 4.79 Å². The van der Waals surface area contributed by atoms with Crippen LogP contribution in [0.15, 0.2) is 48.5 Å². The Hall–Kier alpha value is -2.55. The summed E-state index contributed by atoms with van der Waals surface area (Å²) in [6.45, 7) is 1.37. The number of nitrogens with one attached hydrogen (secondary N) is 1. The van der Waals surface area contributed by atoms with Gasteiger partial charge in [-0.25, -0.2) is 0 Å². The number of alkyl halides is 6. The molecule has 0 spiro atoms. The van der Waals surface area contributed by atoms with E-state index in [2.05, 4.69) is 5.32 Å². The van der Waals surface area contributed by atoms with E-state index in [1.54, 1.807) is 7.05 Å². The van der Waals surface area contributed by atoms with Gasteiger partial charge >= 0.3 is 12.4 Å². The fourth-order valence-electron chi connectivity index (χ4n) is 2.38. The molecule has 1 amide bonds. The van der Waals surface area contributed by atoms with Gasteiger partial charge in [0.15, 0.2) is 0 Å². The van der Waals surface area contributed by atoms with Crippen molar-refractivity contribution < 1.29 is 35.9 Å². The van der Waals surface area contributed by atoms with Gasteiger partial charge in [-0.05, 0) is 42.7 Å². The zero-order chi connectivity index (χ0) is 22.9. The summed E-state index contributed by atoms with van der Waals surface area (Å²) in [5, 5.41) is 2.60. The van der Waals surface area contributed by atoms with E-state index in [4.69, 9.17) is 4.74 Å². The van der Waals surface area contributed by atoms with E-state index < -0.39 is 29.6 Å². The molecule has 2 rings (SSSR count). The van der Waals surface area contributed by atoms with Crippen LogP contribution in [0.4, 0.5) is 26.3 Å². The normalized spacial score (nSPS) is 12.6. The van der Waals surface area contributed by atoms with E-state index in [-0.39, 0.29) is 17.5 Å². The second-order valence-corrected chi connectivity index (χ2v) is 6.38. The number of aryl methyl sites for hydroxylation is 1. The number of hydrogen-bond donors (Lipinski definition) is 1. The molecule has 1 atom stereocenters. The van der Waals surface area contributed by atoms with Gasteiger partial charge in [-0.1, -0.05) is 30.3 Å². The Balaban J connectivity index is 0.000000325. The largest absolute Gasteiger partial charge is 0.416 e. The summed E-state index contributed by atoms with van der Waals surface area (Å²) in [5.41, 5.74) is -1.63. The molecular weight excluding hydrogens is 412 g/mol. The molecule has 0 saturated carbocycles. The highest BCUT2D eigenvalue weighted by Crippen LogP contribution is 2.37. The molecule has 0 radical (unpaired) electrons. The molecule has 2 aromatic carbocycles. The Morgan fingerprint density at radius 1 is 0.967 bits per heavy atom. The third kappa shape index (κ3) is 8.44. The maximum atomic E-state index is 12.5. The van der Waals surface area contributed by atoms with Crippen molar-refractivity contribution in [1.82, 2.24) is 5.32 Å². The van der Waals surface area contributed by atoms with Gasteiger partial charge in [0.2, 0.25) is 5.91 Å². The van der Waals surface area contributed by atoms with Crippen LogP contribution < -0.4 is 5.32 Å². The minimum Gasteiger partial charge on any atom is -0.377 e. The molecule has 0 bridgehead atoms. The Bertz CT molecular complexity index is 771. The van der Waals surface area contributed by atoms with Gasteiger partial charge in [-0.2, -0.15) is 26.3 Å². The smallest absolute Gasteiger partial charge is 0.377 e. The van der Waals surface area contributed by atoms with Crippen LogP contribution in [0.25, 0.3) is 0 Å². The van der Waals surface area contributed by atoms with Crippen LogP contribution >= 0.6 is 0 Å². The SMILES string of the molecule is CNC(=O)CCc1ccccc1.CO[C@H](C)c1cc(C(F)(F)F)cc(C(F)(F)F)c1. The first-order valence-electron chi connectivity index (χ1n) is 8.95. The number of ether oxygens (including phenoxy) is 1. The number of carbonyl (C=O) groups excluding carboxylic acids is 1. The zero-order valence-electron chi connectivity index (χ0n) is 16.7. The van der Waals surface area contributed by atoms with Crippen molar-refractivity contribution >= 4 is 5.91 Å². The number of benzene rings is 2. The van der Waals surface area contributed by atoms with Gasteiger partial charge < -0.3 is 10.1 Å². The van der Waals surface area contributed by atoms with E-state index >= 15 is 0 Å². The maximum absolute atomic E-state index is 12.5. The fourth-order valence-corrected chi connectivity index (χ4v) is 2.38. The Morgan fingerprint density at radius 2 is 1.47 bits per heavy atom. The topological polar surface area (TPSA) is 38.3 Å². The van der Waals surface area contributed by atoms with Gasteiger partial charge in [0.25, 0.3) is 0 Å². The summed E-state index contributed by atoms with van der Waals surface area (Å²) in [6.07, 6.45) is -9.12. The highest BCUT2D eigenvalue weighted by Gasteiger charge is 2.37. The van der Waals surface area contributed by atoms with E-state index in [9.17, 15) is 31.1 Å². The molecule has 0 fully saturated rings. The predicted molar refractivity (Wildman–Crippen MR) is 101 cm³/mol. The van der Waals surface area contributed by atoms with E-state index in [0.29, 0.717) is 18.6 Å². The van der Waals surface area contributed by atoms with Crippen LogP contribution in [0.2, 0.25) is 0 Å². The van der Waals surface area contributed by atoms with Crippen molar-refractivity contribution in [3.05, 3.63) is 70.8 Å². The molecule has 0 aromatic heterocycles. The Labute approximate surface area is 171 Å². The van der Waals surface area contributed by atoms with Crippen molar-refractivity contribution in [3.8, 4) is 0 Å². The molecule has 0 heterocycles. The van der Waals surface area contributed by atoms with Gasteiger partial charge in [-0.15, -0.1) is 0 Å². The zero-order valence-corrected chi connectivity index (χ0v) is 16.7. The average molecular weight is 435 g/mol.